The lowest BCUT2D eigenvalue weighted by molar-refractivity contribution is 0.0690. The molecule has 0 aliphatic heterocycles. The normalized spacial score (nSPS) is 11.9. The number of carbonyl (C=O) groups excluding carboxylic acids is 1. The predicted octanol–water partition coefficient (Wildman–Crippen LogP) is 3.66. The van der Waals surface area contributed by atoms with Crippen molar-refractivity contribution in [3.63, 3.8) is 0 Å². The third kappa shape index (κ3) is 3.87. The second kappa shape index (κ2) is 8.98. The summed E-state index contributed by atoms with van der Waals surface area (Å²) < 4.78 is 12.2. The van der Waals surface area contributed by atoms with E-state index >= 15 is 0 Å². The average Bonchev–Trinajstić information content (AvgIpc) is 2.78. The van der Waals surface area contributed by atoms with Gasteiger partial charge in [-0.1, -0.05) is 12.1 Å². The first-order valence-electron chi connectivity index (χ1n) is 9.98. The minimum absolute atomic E-state index is 0.100. The Bertz CT molecular complexity index is 1100. The highest BCUT2D eigenvalue weighted by molar-refractivity contribution is 5.95. The molecule has 1 heterocycles. The van der Waals surface area contributed by atoms with Crippen LogP contribution in [0.1, 0.15) is 43.0 Å². The van der Waals surface area contributed by atoms with E-state index in [-0.39, 0.29) is 11.5 Å². The summed E-state index contributed by atoms with van der Waals surface area (Å²) in [5.74, 6) is 1.45. The van der Waals surface area contributed by atoms with Gasteiger partial charge in [-0.25, -0.2) is 4.98 Å². The van der Waals surface area contributed by atoms with Crippen LogP contribution in [0, 0.1) is 0 Å². The maximum atomic E-state index is 13.4. The molecule has 0 saturated carbocycles. The summed E-state index contributed by atoms with van der Waals surface area (Å²) in [6.45, 7) is 6.61. The van der Waals surface area contributed by atoms with E-state index in [2.05, 4.69) is 0 Å². The summed E-state index contributed by atoms with van der Waals surface area (Å²) in [6.07, 6.45) is 0. The molecule has 0 spiro atoms. The smallest absolute Gasteiger partial charge is 0.261 e. The van der Waals surface area contributed by atoms with Gasteiger partial charge in [0, 0.05) is 24.7 Å². The van der Waals surface area contributed by atoms with Crippen LogP contribution in [-0.4, -0.2) is 41.1 Å². The molecule has 3 aromatic rings. The van der Waals surface area contributed by atoms with E-state index in [0.717, 1.165) is 0 Å². The van der Waals surface area contributed by atoms with Crippen LogP contribution in [0.15, 0.2) is 47.3 Å². The molecule has 0 aliphatic rings. The van der Waals surface area contributed by atoms with Crippen LogP contribution >= 0.6 is 0 Å². The van der Waals surface area contributed by atoms with E-state index in [1.54, 1.807) is 48.0 Å². The monoisotopic (exact) mass is 409 g/mol. The Kier molecular flexibility index (Phi) is 6.40. The molecule has 0 aliphatic carbocycles. The van der Waals surface area contributed by atoms with Crippen molar-refractivity contribution in [2.24, 2.45) is 0 Å². The molecular formula is C23H27N3O4. The zero-order chi connectivity index (χ0) is 21.8. The van der Waals surface area contributed by atoms with Gasteiger partial charge in [0.15, 0.2) is 0 Å². The van der Waals surface area contributed by atoms with Gasteiger partial charge in [-0.05, 0) is 45.0 Å². The molecule has 0 fully saturated rings. The van der Waals surface area contributed by atoms with Gasteiger partial charge in [-0.15, -0.1) is 0 Å². The van der Waals surface area contributed by atoms with E-state index in [9.17, 15) is 9.59 Å². The molecular weight excluding hydrogens is 382 g/mol. The van der Waals surface area contributed by atoms with Crippen LogP contribution in [0.5, 0.6) is 11.5 Å². The fourth-order valence-electron chi connectivity index (χ4n) is 3.64. The van der Waals surface area contributed by atoms with Crippen LogP contribution in [0.25, 0.3) is 10.9 Å². The van der Waals surface area contributed by atoms with Crippen LogP contribution in [0.2, 0.25) is 0 Å². The van der Waals surface area contributed by atoms with E-state index in [4.69, 9.17) is 14.5 Å². The van der Waals surface area contributed by atoms with Crippen LogP contribution in [0.4, 0.5) is 0 Å². The predicted molar refractivity (Wildman–Crippen MR) is 116 cm³/mol. The number of nitrogens with zero attached hydrogens (tertiary/aromatic N) is 3. The largest absolute Gasteiger partial charge is 0.497 e. The molecule has 0 saturated heterocycles. The zero-order valence-electron chi connectivity index (χ0n) is 18.0. The summed E-state index contributed by atoms with van der Waals surface area (Å²) in [4.78, 5) is 32.8. The lowest BCUT2D eigenvalue weighted by atomic mass is 10.1. The molecule has 1 atom stereocenters. The van der Waals surface area contributed by atoms with Gasteiger partial charge in [-0.2, -0.15) is 0 Å². The van der Waals surface area contributed by atoms with Crippen LogP contribution in [-0.2, 0) is 6.54 Å². The number of rotatable bonds is 7. The SMILES string of the molecule is CCN(C(=O)c1cc(OC)cc(OC)c1)C(C)c1nc2ccccc2c(=O)n1CC. The Morgan fingerprint density at radius 1 is 1.10 bits per heavy atom. The first kappa shape index (κ1) is 21.4. The molecule has 158 valence electrons. The minimum Gasteiger partial charge on any atom is -0.497 e. The van der Waals surface area contributed by atoms with Crippen molar-refractivity contribution in [2.45, 2.75) is 33.4 Å². The summed E-state index contributed by atoms with van der Waals surface area (Å²) in [5.41, 5.74) is 0.975. The maximum absolute atomic E-state index is 13.4. The number of hydrogen-bond donors (Lipinski definition) is 0. The highest BCUT2D eigenvalue weighted by Crippen LogP contribution is 2.27. The second-order valence-corrected chi connectivity index (χ2v) is 6.91. The highest BCUT2D eigenvalue weighted by atomic mass is 16.5. The molecule has 0 bridgehead atoms. The summed E-state index contributed by atoms with van der Waals surface area (Å²) in [7, 11) is 3.09. The fourth-order valence-corrected chi connectivity index (χ4v) is 3.64. The number of ether oxygens (including phenoxy) is 2. The van der Waals surface area contributed by atoms with E-state index in [1.807, 2.05) is 39.0 Å². The molecule has 1 aromatic heterocycles. The van der Waals surface area contributed by atoms with Crippen molar-refractivity contribution < 1.29 is 14.3 Å². The first-order valence-corrected chi connectivity index (χ1v) is 9.98. The Balaban J connectivity index is 2.08. The molecule has 7 heteroatoms. The van der Waals surface area contributed by atoms with Crippen LogP contribution in [0.3, 0.4) is 0 Å². The van der Waals surface area contributed by atoms with Gasteiger partial charge in [0.05, 0.1) is 31.2 Å². The van der Waals surface area contributed by atoms with Gasteiger partial charge in [0.2, 0.25) is 0 Å². The molecule has 30 heavy (non-hydrogen) atoms. The van der Waals surface area contributed by atoms with Gasteiger partial charge in [0.25, 0.3) is 11.5 Å². The number of fused-ring (bicyclic) bond motifs is 1. The molecule has 7 nitrogen and oxygen atoms in total. The van der Waals surface area contributed by atoms with Gasteiger partial charge >= 0.3 is 0 Å². The highest BCUT2D eigenvalue weighted by Gasteiger charge is 2.26. The van der Waals surface area contributed by atoms with Crippen molar-refractivity contribution in [3.05, 3.63) is 64.2 Å². The Morgan fingerprint density at radius 2 is 1.73 bits per heavy atom. The molecule has 1 unspecified atom stereocenters. The molecule has 3 rings (SSSR count). The second-order valence-electron chi connectivity index (χ2n) is 6.91. The topological polar surface area (TPSA) is 73.7 Å². The Hall–Kier alpha value is -3.35. The third-order valence-corrected chi connectivity index (χ3v) is 5.25. The number of para-hydroxylation sites is 1. The zero-order valence-corrected chi connectivity index (χ0v) is 18.0. The van der Waals surface area contributed by atoms with Crippen molar-refractivity contribution in [3.8, 4) is 11.5 Å². The minimum atomic E-state index is -0.406. The van der Waals surface area contributed by atoms with Crippen molar-refractivity contribution in [1.82, 2.24) is 14.5 Å². The molecule has 1 amide bonds. The quantitative estimate of drug-likeness (QED) is 0.595. The number of hydrogen-bond acceptors (Lipinski definition) is 5. The van der Waals surface area contributed by atoms with E-state index in [0.29, 0.717) is 46.9 Å². The number of methoxy groups -OCH3 is 2. The first-order chi connectivity index (χ1) is 14.4. The van der Waals surface area contributed by atoms with Gasteiger partial charge in [0.1, 0.15) is 17.3 Å². The number of benzene rings is 2. The number of carbonyl (C=O) groups is 1. The maximum Gasteiger partial charge on any atom is 0.261 e. The molecule has 2 aromatic carbocycles. The van der Waals surface area contributed by atoms with Gasteiger partial charge in [-0.3, -0.25) is 14.2 Å². The Labute approximate surface area is 175 Å². The number of amides is 1. The van der Waals surface area contributed by atoms with E-state index in [1.165, 1.54) is 0 Å². The third-order valence-electron chi connectivity index (χ3n) is 5.25. The summed E-state index contributed by atoms with van der Waals surface area (Å²) >= 11 is 0. The Morgan fingerprint density at radius 3 is 2.30 bits per heavy atom. The van der Waals surface area contributed by atoms with Crippen molar-refractivity contribution >= 4 is 16.8 Å². The standard InChI is InChI=1S/C23H27N3O4/c1-6-25(22(27)16-12-17(29-4)14-18(13-16)30-5)15(3)21-24-20-11-9-8-10-19(20)23(28)26(21)7-2/h8-15H,6-7H2,1-5H3. The lowest BCUT2D eigenvalue weighted by Crippen LogP contribution is -2.37. The van der Waals surface area contributed by atoms with Crippen LogP contribution < -0.4 is 15.0 Å². The average molecular weight is 409 g/mol. The van der Waals surface area contributed by atoms with Gasteiger partial charge < -0.3 is 14.4 Å². The van der Waals surface area contributed by atoms with E-state index < -0.39 is 6.04 Å². The molecule has 0 radical (unpaired) electrons. The van der Waals surface area contributed by atoms with Crippen molar-refractivity contribution in [2.75, 3.05) is 20.8 Å². The van der Waals surface area contributed by atoms with Crippen molar-refractivity contribution in [1.29, 1.82) is 0 Å². The summed E-state index contributed by atoms with van der Waals surface area (Å²) in [6, 6.07) is 11.9. The molecule has 0 N–H and O–H groups in total. The lowest BCUT2D eigenvalue weighted by Gasteiger charge is -2.29. The fraction of sp³-hybridized carbons (Fsp3) is 0.348. The summed E-state index contributed by atoms with van der Waals surface area (Å²) in [5, 5.41) is 0.571. The number of aromatic nitrogens is 2.